The third kappa shape index (κ3) is 4.38. The van der Waals surface area contributed by atoms with Crippen molar-refractivity contribution in [3.63, 3.8) is 0 Å². The summed E-state index contributed by atoms with van der Waals surface area (Å²) in [4.78, 5) is 27.7. The third-order valence-electron chi connectivity index (χ3n) is 4.93. The number of hydrogen-bond donors (Lipinski definition) is 2. The lowest BCUT2D eigenvalue weighted by Crippen LogP contribution is -2.43. The Bertz CT molecular complexity index is 1530. The number of nitrogens with one attached hydrogen (secondary N) is 2. The zero-order chi connectivity index (χ0) is 23.8. The fourth-order valence-corrected chi connectivity index (χ4v) is 5.00. The number of aromatic nitrogens is 4. The summed E-state index contributed by atoms with van der Waals surface area (Å²) in [7, 11) is -2.72. The average Bonchev–Trinajstić information content (AvgIpc) is 3.06. The quantitative estimate of drug-likeness (QED) is 0.400. The molecular formula is C21H19ClN6O4S. The molecule has 0 aliphatic carbocycles. The molecule has 2 aromatic heterocycles. The predicted octanol–water partition coefficient (Wildman–Crippen LogP) is 1.76. The molecule has 10 nitrogen and oxygen atoms in total. The zero-order valence-corrected chi connectivity index (χ0v) is 19.2. The minimum atomic E-state index is -4.22. The number of rotatable bonds is 6. The highest BCUT2D eigenvalue weighted by Crippen LogP contribution is 2.23. The van der Waals surface area contributed by atoms with Crippen molar-refractivity contribution in [2.75, 3.05) is 0 Å². The Balaban J connectivity index is 1.69. The van der Waals surface area contributed by atoms with Gasteiger partial charge in [0.15, 0.2) is 5.69 Å². The van der Waals surface area contributed by atoms with Crippen LogP contribution in [-0.4, -0.2) is 33.9 Å². The first-order valence-electron chi connectivity index (χ1n) is 9.74. The lowest BCUT2D eigenvalue weighted by atomic mass is 10.1. The van der Waals surface area contributed by atoms with E-state index in [1.807, 2.05) is 35.2 Å². The number of carbonyl (C=O) groups is 1. The fourth-order valence-electron chi connectivity index (χ4n) is 3.41. The lowest BCUT2D eigenvalue weighted by molar-refractivity contribution is 0.0939. The molecule has 0 spiro atoms. The van der Waals surface area contributed by atoms with Crippen molar-refractivity contribution in [1.29, 1.82) is 0 Å². The molecular weight excluding hydrogens is 468 g/mol. The van der Waals surface area contributed by atoms with Gasteiger partial charge in [0, 0.05) is 12.4 Å². The van der Waals surface area contributed by atoms with Gasteiger partial charge >= 0.3 is 0 Å². The summed E-state index contributed by atoms with van der Waals surface area (Å²) in [5, 5.41) is 8.66. The Labute approximate surface area is 193 Å². The van der Waals surface area contributed by atoms with Crippen LogP contribution in [0.4, 0.5) is 0 Å². The summed E-state index contributed by atoms with van der Waals surface area (Å²) in [6, 6.07) is 15.7. The largest absolute Gasteiger partial charge is 0.287 e. The van der Waals surface area contributed by atoms with Gasteiger partial charge in [0.05, 0.1) is 17.6 Å². The molecule has 0 aliphatic rings. The van der Waals surface area contributed by atoms with Gasteiger partial charge in [-0.05, 0) is 18.6 Å². The SMILES string of the molecule is Cc1nn(C)c(Cl)c1S(=O)(=O)NNC(=O)c1nn(Cc2ccccc2)c(=O)c2ccccc12. The molecule has 2 heterocycles. The highest BCUT2D eigenvalue weighted by Gasteiger charge is 2.26. The molecule has 33 heavy (non-hydrogen) atoms. The van der Waals surface area contributed by atoms with Crippen LogP contribution in [0.5, 0.6) is 0 Å². The molecule has 12 heteroatoms. The maximum Gasteiger partial charge on any atom is 0.287 e. The Morgan fingerprint density at radius 3 is 2.30 bits per heavy atom. The van der Waals surface area contributed by atoms with Crippen molar-refractivity contribution in [2.45, 2.75) is 18.4 Å². The molecule has 0 bridgehead atoms. The number of fused-ring (bicyclic) bond motifs is 1. The Hall–Kier alpha value is -3.54. The van der Waals surface area contributed by atoms with Crippen LogP contribution in [-0.2, 0) is 23.6 Å². The molecule has 0 aliphatic heterocycles. The number of sulfonamides is 1. The topological polar surface area (TPSA) is 128 Å². The van der Waals surface area contributed by atoms with Crippen molar-refractivity contribution in [2.24, 2.45) is 7.05 Å². The summed E-state index contributed by atoms with van der Waals surface area (Å²) in [5.41, 5.74) is 2.66. The molecule has 0 fully saturated rings. The molecule has 0 atom stereocenters. The second-order valence-electron chi connectivity index (χ2n) is 7.23. The molecule has 4 aromatic rings. The number of halogens is 1. The Morgan fingerprint density at radius 1 is 1.03 bits per heavy atom. The number of amides is 1. The summed E-state index contributed by atoms with van der Waals surface area (Å²) >= 11 is 6.04. The van der Waals surface area contributed by atoms with Gasteiger partial charge in [-0.3, -0.25) is 19.7 Å². The first kappa shape index (κ1) is 22.6. The van der Waals surface area contributed by atoms with E-state index in [1.165, 1.54) is 23.3 Å². The van der Waals surface area contributed by atoms with Gasteiger partial charge in [0.1, 0.15) is 10.0 Å². The number of hydrazine groups is 1. The van der Waals surface area contributed by atoms with Crippen LogP contribution in [0.3, 0.4) is 0 Å². The minimum Gasteiger partial charge on any atom is -0.272 e. The highest BCUT2D eigenvalue weighted by atomic mass is 35.5. The van der Waals surface area contributed by atoms with Gasteiger partial charge in [-0.25, -0.2) is 13.1 Å². The molecule has 0 unspecified atom stereocenters. The third-order valence-corrected chi connectivity index (χ3v) is 6.87. The van der Waals surface area contributed by atoms with Crippen LogP contribution < -0.4 is 15.8 Å². The summed E-state index contributed by atoms with van der Waals surface area (Å²) < 4.78 is 27.8. The van der Waals surface area contributed by atoms with Crippen LogP contribution in [0.25, 0.3) is 10.8 Å². The number of nitrogens with zero attached hydrogens (tertiary/aromatic N) is 4. The van der Waals surface area contributed by atoms with E-state index >= 15 is 0 Å². The monoisotopic (exact) mass is 486 g/mol. The normalized spacial score (nSPS) is 11.6. The van der Waals surface area contributed by atoms with E-state index in [0.717, 1.165) is 5.56 Å². The molecule has 4 rings (SSSR count). The van der Waals surface area contributed by atoms with Crippen molar-refractivity contribution >= 4 is 38.3 Å². The van der Waals surface area contributed by atoms with Gasteiger partial charge in [0.25, 0.3) is 21.5 Å². The second-order valence-corrected chi connectivity index (χ2v) is 9.21. The van der Waals surface area contributed by atoms with E-state index in [-0.39, 0.29) is 38.9 Å². The Morgan fingerprint density at radius 2 is 1.67 bits per heavy atom. The average molecular weight is 487 g/mol. The van der Waals surface area contributed by atoms with Crippen molar-refractivity contribution < 1.29 is 13.2 Å². The van der Waals surface area contributed by atoms with E-state index in [9.17, 15) is 18.0 Å². The first-order chi connectivity index (χ1) is 15.7. The predicted molar refractivity (Wildman–Crippen MR) is 122 cm³/mol. The summed E-state index contributed by atoms with van der Waals surface area (Å²) in [6.45, 7) is 1.62. The standard InChI is InChI=1S/C21H19ClN6O4S/c1-13-18(19(22)27(2)24-13)33(31,32)26-23-20(29)17-15-10-6-7-11-16(15)21(30)28(25-17)12-14-8-4-3-5-9-14/h3-11,26H,12H2,1-2H3,(H,23,29). The smallest absolute Gasteiger partial charge is 0.272 e. The van der Waals surface area contributed by atoms with Gasteiger partial charge in [0.2, 0.25) is 0 Å². The van der Waals surface area contributed by atoms with E-state index < -0.39 is 15.9 Å². The van der Waals surface area contributed by atoms with E-state index in [1.54, 1.807) is 24.3 Å². The molecule has 0 saturated heterocycles. The van der Waals surface area contributed by atoms with Crippen molar-refractivity contribution in [1.82, 2.24) is 29.8 Å². The number of aryl methyl sites for hydroxylation is 2. The number of carbonyl (C=O) groups excluding carboxylic acids is 1. The zero-order valence-electron chi connectivity index (χ0n) is 17.6. The molecule has 0 radical (unpaired) electrons. The highest BCUT2D eigenvalue weighted by molar-refractivity contribution is 7.89. The van der Waals surface area contributed by atoms with Gasteiger partial charge < -0.3 is 0 Å². The Kier molecular flexibility index (Phi) is 6.02. The minimum absolute atomic E-state index is 0.103. The van der Waals surface area contributed by atoms with Gasteiger partial charge in [-0.1, -0.05) is 60.1 Å². The second kappa shape index (κ2) is 8.77. The van der Waals surface area contributed by atoms with E-state index in [2.05, 4.69) is 15.6 Å². The fraction of sp³-hybridized carbons (Fsp3) is 0.143. The van der Waals surface area contributed by atoms with Crippen molar-refractivity contribution in [3.05, 3.63) is 87.1 Å². The maximum absolute atomic E-state index is 13.0. The van der Waals surface area contributed by atoms with Crippen LogP contribution in [0, 0.1) is 6.92 Å². The van der Waals surface area contributed by atoms with Gasteiger partial charge in [-0.2, -0.15) is 10.2 Å². The molecule has 2 aromatic carbocycles. The van der Waals surface area contributed by atoms with Crippen LogP contribution >= 0.6 is 11.6 Å². The molecule has 1 amide bonds. The summed E-state index contributed by atoms with van der Waals surface area (Å²) in [6.07, 6.45) is 0. The van der Waals surface area contributed by atoms with E-state index in [4.69, 9.17) is 11.6 Å². The summed E-state index contributed by atoms with van der Waals surface area (Å²) in [5.74, 6) is -0.839. The molecule has 0 saturated carbocycles. The van der Waals surface area contributed by atoms with Crippen LogP contribution in [0.15, 0.2) is 64.3 Å². The van der Waals surface area contributed by atoms with Crippen molar-refractivity contribution in [3.8, 4) is 0 Å². The molecule has 170 valence electrons. The number of hydrogen-bond acceptors (Lipinski definition) is 6. The number of benzene rings is 2. The first-order valence-corrected chi connectivity index (χ1v) is 11.6. The van der Waals surface area contributed by atoms with E-state index in [0.29, 0.717) is 5.39 Å². The van der Waals surface area contributed by atoms with Gasteiger partial charge in [-0.15, -0.1) is 4.83 Å². The molecule has 2 N–H and O–H groups in total. The maximum atomic E-state index is 13.0. The van der Waals surface area contributed by atoms with Crippen LogP contribution in [0.1, 0.15) is 21.7 Å². The van der Waals surface area contributed by atoms with Crippen LogP contribution in [0.2, 0.25) is 5.15 Å². The lowest BCUT2D eigenvalue weighted by Gasteiger charge is -2.12.